The third-order valence-electron chi connectivity index (χ3n) is 4.18. The Morgan fingerprint density at radius 3 is 2.69 bits per heavy atom. The van der Waals surface area contributed by atoms with Gasteiger partial charge in [-0.15, -0.1) is 0 Å². The van der Waals surface area contributed by atoms with Gasteiger partial charge in [0.05, 0.1) is 23.5 Å². The third kappa shape index (κ3) is 4.03. The summed E-state index contributed by atoms with van der Waals surface area (Å²) >= 11 is 7.14. The van der Waals surface area contributed by atoms with Crippen LogP contribution in [0.15, 0.2) is 54.7 Å². The van der Waals surface area contributed by atoms with Crippen LogP contribution in [0.1, 0.15) is 21.6 Å². The summed E-state index contributed by atoms with van der Waals surface area (Å²) < 4.78 is 15.8. The molecule has 0 aliphatic heterocycles. The number of hydrogen-bond acceptors (Lipinski definition) is 5. The van der Waals surface area contributed by atoms with E-state index in [1.165, 1.54) is 0 Å². The molecule has 146 valence electrons. The monoisotopic (exact) mass is 427 g/mol. The van der Waals surface area contributed by atoms with Gasteiger partial charge >= 0.3 is 0 Å². The lowest BCUT2D eigenvalue weighted by Crippen LogP contribution is -2.13. The predicted molar refractivity (Wildman–Crippen MR) is 111 cm³/mol. The number of thiazole rings is 1. The van der Waals surface area contributed by atoms with Gasteiger partial charge in [-0.25, -0.2) is 9.67 Å². The number of carbonyl (C=O) groups excluding carboxylic acids is 1. The van der Waals surface area contributed by atoms with E-state index in [0.29, 0.717) is 17.9 Å². The van der Waals surface area contributed by atoms with E-state index in [9.17, 15) is 9.18 Å². The third-order valence-corrected chi connectivity index (χ3v) is 5.32. The lowest BCUT2D eigenvalue weighted by molar-refractivity contribution is 0.102. The molecule has 1 N–H and O–H groups in total. The van der Waals surface area contributed by atoms with Crippen LogP contribution in [0.3, 0.4) is 0 Å². The Morgan fingerprint density at radius 1 is 1.21 bits per heavy atom. The molecule has 0 bridgehead atoms. The Morgan fingerprint density at radius 2 is 1.97 bits per heavy atom. The standard InChI is InChI=1S/C20H15ClFN5OS/c1-12-15(17(21)27(26-12)11-13-7-3-2-4-8-13)19(28)25-20-24-16(18(22)29-20)14-9-5-6-10-23-14/h2-10H,11H2,1H3,(H,24,25,28). The maximum absolute atomic E-state index is 14.3. The van der Waals surface area contributed by atoms with Gasteiger partial charge in [0.2, 0.25) is 5.13 Å². The fourth-order valence-electron chi connectivity index (χ4n) is 2.85. The molecule has 0 aliphatic carbocycles. The number of anilines is 1. The molecule has 0 radical (unpaired) electrons. The van der Waals surface area contributed by atoms with Gasteiger partial charge in [-0.2, -0.15) is 9.49 Å². The fraction of sp³-hybridized carbons (Fsp3) is 0.100. The van der Waals surface area contributed by atoms with Crippen molar-refractivity contribution >= 4 is 34.0 Å². The molecule has 1 aromatic carbocycles. The number of amides is 1. The van der Waals surface area contributed by atoms with Crippen molar-refractivity contribution in [2.75, 3.05) is 5.32 Å². The molecule has 0 aliphatic rings. The highest BCUT2D eigenvalue weighted by atomic mass is 35.5. The molecule has 9 heteroatoms. The van der Waals surface area contributed by atoms with Gasteiger partial charge < -0.3 is 0 Å². The first-order chi connectivity index (χ1) is 14.0. The van der Waals surface area contributed by atoms with Crippen LogP contribution < -0.4 is 5.32 Å². The number of aryl methyl sites for hydroxylation is 1. The average molecular weight is 428 g/mol. The summed E-state index contributed by atoms with van der Waals surface area (Å²) in [7, 11) is 0. The minimum absolute atomic E-state index is 0.0912. The van der Waals surface area contributed by atoms with Crippen LogP contribution in [0.5, 0.6) is 0 Å². The van der Waals surface area contributed by atoms with E-state index in [2.05, 4.69) is 20.4 Å². The molecule has 0 fully saturated rings. The molecule has 0 spiro atoms. The SMILES string of the molecule is Cc1nn(Cc2ccccc2)c(Cl)c1C(=O)Nc1nc(-c2ccccn2)c(F)s1. The Labute approximate surface area is 175 Å². The quantitative estimate of drug-likeness (QED) is 0.496. The van der Waals surface area contributed by atoms with Gasteiger partial charge in [-0.1, -0.05) is 59.3 Å². The van der Waals surface area contributed by atoms with Gasteiger partial charge in [0.15, 0.2) is 5.13 Å². The van der Waals surface area contributed by atoms with E-state index in [1.807, 2.05) is 30.3 Å². The molecule has 3 heterocycles. The van der Waals surface area contributed by atoms with Crippen molar-refractivity contribution in [3.05, 3.63) is 81.8 Å². The minimum atomic E-state index is -0.526. The van der Waals surface area contributed by atoms with Crippen molar-refractivity contribution in [1.29, 1.82) is 0 Å². The molecular weight excluding hydrogens is 413 g/mol. The van der Waals surface area contributed by atoms with E-state index < -0.39 is 11.0 Å². The zero-order valence-corrected chi connectivity index (χ0v) is 16.8. The number of nitrogens with one attached hydrogen (secondary N) is 1. The zero-order chi connectivity index (χ0) is 20.4. The van der Waals surface area contributed by atoms with Gasteiger partial charge in [0.25, 0.3) is 5.91 Å². The summed E-state index contributed by atoms with van der Waals surface area (Å²) in [6.07, 6.45) is 1.55. The number of benzene rings is 1. The second-order valence-electron chi connectivity index (χ2n) is 6.20. The number of rotatable bonds is 5. The van der Waals surface area contributed by atoms with Crippen molar-refractivity contribution in [2.45, 2.75) is 13.5 Å². The maximum Gasteiger partial charge on any atom is 0.262 e. The molecule has 0 atom stereocenters. The Bertz CT molecular complexity index is 1160. The Hall–Kier alpha value is -3.10. The molecule has 0 unspecified atom stereocenters. The van der Waals surface area contributed by atoms with Gasteiger partial charge in [0.1, 0.15) is 10.8 Å². The van der Waals surface area contributed by atoms with Crippen molar-refractivity contribution in [1.82, 2.24) is 19.7 Å². The first kappa shape index (κ1) is 19.2. The second kappa shape index (κ2) is 8.10. The van der Waals surface area contributed by atoms with E-state index in [0.717, 1.165) is 16.9 Å². The summed E-state index contributed by atoms with van der Waals surface area (Å²) in [5.74, 6) is -0.492. The molecular formula is C20H15ClFN5OS. The van der Waals surface area contributed by atoms with Crippen LogP contribution in [-0.4, -0.2) is 25.7 Å². The smallest absolute Gasteiger partial charge is 0.262 e. The van der Waals surface area contributed by atoms with Crippen LogP contribution in [0.2, 0.25) is 5.15 Å². The fourth-order valence-corrected chi connectivity index (χ4v) is 3.87. The second-order valence-corrected chi connectivity index (χ2v) is 7.51. The number of carbonyl (C=O) groups is 1. The number of pyridine rings is 1. The largest absolute Gasteiger partial charge is 0.298 e. The lowest BCUT2D eigenvalue weighted by Gasteiger charge is -2.04. The minimum Gasteiger partial charge on any atom is -0.298 e. The molecule has 0 saturated carbocycles. The number of hydrogen-bond donors (Lipinski definition) is 1. The first-order valence-corrected chi connectivity index (χ1v) is 9.88. The van der Waals surface area contributed by atoms with E-state index in [-0.39, 0.29) is 21.5 Å². The van der Waals surface area contributed by atoms with Gasteiger partial charge in [-0.3, -0.25) is 15.1 Å². The Balaban J connectivity index is 1.56. The Kier molecular flexibility index (Phi) is 5.37. The zero-order valence-electron chi connectivity index (χ0n) is 15.3. The lowest BCUT2D eigenvalue weighted by atomic mass is 10.2. The predicted octanol–water partition coefficient (Wildman–Crippen LogP) is 4.80. The highest BCUT2D eigenvalue weighted by molar-refractivity contribution is 7.14. The molecule has 4 aromatic rings. The molecule has 29 heavy (non-hydrogen) atoms. The summed E-state index contributed by atoms with van der Waals surface area (Å²) in [4.78, 5) is 21.0. The number of nitrogens with zero attached hydrogens (tertiary/aromatic N) is 4. The summed E-state index contributed by atoms with van der Waals surface area (Å²) in [5.41, 5.74) is 2.20. The average Bonchev–Trinajstić information content (AvgIpc) is 3.22. The van der Waals surface area contributed by atoms with Gasteiger partial charge in [0, 0.05) is 6.20 Å². The van der Waals surface area contributed by atoms with Crippen molar-refractivity contribution < 1.29 is 9.18 Å². The van der Waals surface area contributed by atoms with Gasteiger partial charge in [-0.05, 0) is 24.6 Å². The van der Waals surface area contributed by atoms with Crippen LogP contribution >= 0.6 is 22.9 Å². The van der Waals surface area contributed by atoms with Crippen molar-refractivity contribution in [2.24, 2.45) is 0 Å². The normalized spacial score (nSPS) is 10.9. The van der Waals surface area contributed by atoms with Crippen LogP contribution in [-0.2, 0) is 6.54 Å². The molecule has 4 rings (SSSR count). The van der Waals surface area contributed by atoms with E-state index >= 15 is 0 Å². The van der Waals surface area contributed by atoms with E-state index in [1.54, 1.807) is 36.0 Å². The van der Waals surface area contributed by atoms with Crippen LogP contribution in [0.25, 0.3) is 11.4 Å². The van der Waals surface area contributed by atoms with Crippen LogP contribution in [0.4, 0.5) is 9.52 Å². The summed E-state index contributed by atoms with van der Waals surface area (Å²) in [5, 5.41) is 6.78. The highest BCUT2D eigenvalue weighted by Crippen LogP contribution is 2.29. The van der Waals surface area contributed by atoms with Crippen LogP contribution in [0, 0.1) is 12.1 Å². The highest BCUT2D eigenvalue weighted by Gasteiger charge is 2.23. The van der Waals surface area contributed by atoms with Crippen molar-refractivity contribution in [3.8, 4) is 11.4 Å². The summed E-state index contributed by atoms with van der Waals surface area (Å²) in [6, 6.07) is 14.8. The molecule has 1 amide bonds. The number of aromatic nitrogens is 4. The van der Waals surface area contributed by atoms with E-state index in [4.69, 9.17) is 11.6 Å². The molecule has 0 saturated heterocycles. The summed E-state index contributed by atoms with van der Waals surface area (Å²) in [6.45, 7) is 2.13. The maximum atomic E-state index is 14.3. The topological polar surface area (TPSA) is 72.7 Å². The molecule has 6 nitrogen and oxygen atoms in total. The molecule has 3 aromatic heterocycles. The van der Waals surface area contributed by atoms with Crippen molar-refractivity contribution in [3.63, 3.8) is 0 Å². The number of halogens is 2. The first-order valence-electron chi connectivity index (χ1n) is 8.69.